The summed E-state index contributed by atoms with van der Waals surface area (Å²) in [6, 6.07) is 9.28. The van der Waals surface area contributed by atoms with Crippen LogP contribution in [0, 0.1) is 0 Å². The number of piperazine rings is 1. The first kappa shape index (κ1) is 22.1. The number of anilines is 1. The number of rotatable bonds is 5. The molecule has 0 spiro atoms. The Bertz CT molecular complexity index is 1180. The van der Waals surface area contributed by atoms with E-state index in [2.05, 4.69) is 25.8 Å². The predicted molar refractivity (Wildman–Crippen MR) is 128 cm³/mol. The molecular formula is C24H29N7O3. The van der Waals surface area contributed by atoms with Crippen LogP contribution >= 0.6 is 0 Å². The highest BCUT2D eigenvalue weighted by molar-refractivity contribution is 5.95. The monoisotopic (exact) mass is 463 g/mol. The number of hydrogen-bond donors (Lipinski definition) is 3. The number of benzene rings is 1. The average Bonchev–Trinajstić information content (AvgIpc) is 3.28. The maximum absolute atomic E-state index is 13.1. The zero-order valence-corrected chi connectivity index (χ0v) is 19.2. The summed E-state index contributed by atoms with van der Waals surface area (Å²) in [7, 11) is 0. The highest BCUT2D eigenvalue weighted by Gasteiger charge is 2.24. The van der Waals surface area contributed by atoms with Gasteiger partial charge in [-0.25, -0.2) is 4.98 Å². The molecule has 10 heteroatoms. The van der Waals surface area contributed by atoms with Crippen molar-refractivity contribution in [3.8, 4) is 11.5 Å². The van der Waals surface area contributed by atoms with Crippen LogP contribution in [-0.4, -0.2) is 82.1 Å². The summed E-state index contributed by atoms with van der Waals surface area (Å²) < 4.78 is 6.23. The largest absolute Gasteiger partial charge is 0.456 e. The van der Waals surface area contributed by atoms with Crippen LogP contribution in [0.4, 0.5) is 5.82 Å². The zero-order valence-electron chi connectivity index (χ0n) is 19.2. The van der Waals surface area contributed by atoms with Crippen LogP contribution in [0.2, 0.25) is 0 Å². The van der Waals surface area contributed by atoms with E-state index in [4.69, 9.17) is 4.74 Å². The van der Waals surface area contributed by atoms with Gasteiger partial charge in [-0.1, -0.05) is 6.07 Å². The number of amides is 2. The fraction of sp³-hybridized carbons (Fsp3) is 0.417. The summed E-state index contributed by atoms with van der Waals surface area (Å²) in [4.78, 5) is 32.5. The topological polar surface area (TPSA) is 115 Å². The van der Waals surface area contributed by atoms with Gasteiger partial charge in [0.1, 0.15) is 16.9 Å². The number of nitrogens with one attached hydrogen (secondary N) is 3. The lowest BCUT2D eigenvalue weighted by molar-refractivity contribution is -0.130. The number of hydrogen-bond acceptors (Lipinski definition) is 7. The Hall–Kier alpha value is -3.66. The molecule has 10 nitrogen and oxygen atoms in total. The highest BCUT2D eigenvalue weighted by Crippen LogP contribution is 2.33. The second-order valence-electron chi connectivity index (χ2n) is 8.72. The number of piperidine rings is 1. The number of nitrogens with zero attached hydrogens (tertiary/aromatic N) is 4. The van der Waals surface area contributed by atoms with E-state index in [1.165, 1.54) is 0 Å². The number of fused-ring (bicyclic) bond motifs is 1. The number of ether oxygens (including phenoxy) is 1. The van der Waals surface area contributed by atoms with Crippen molar-refractivity contribution in [3.05, 3.63) is 42.1 Å². The summed E-state index contributed by atoms with van der Waals surface area (Å²) in [5.41, 5.74) is 1.19. The fourth-order valence-electron chi connectivity index (χ4n) is 4.51. The summed E-state index contributed by atoms with van der Waals surface area (Å²) in [5.74, 6) is 1.86. The number of aromatic nitrogens is 3. The van der Waals surface area contributed by atoms with Gasteiger partial charge >= 0.3 is 0 Å². The summed E-state index contributed by atoms with van der Waals surface area (Å²) in [6.45, 7) is 5.63. The van der Waals surface area contributed by atoms with Gasteiger partial charge in [0.05, 0.1) is 0 Å². The molecule has 2 saturated heterocycles. The van der Waals surface area contributed by atoms with Crippen LogP contribution in [-0.2, 0) is 4.79 Å². The first-order chi connectivity index (χ1) is 16.6. The molecule has 1 atom stereocenters. The van der Waals surface area contributed by atoms with Gasteiger partial charge in [-0.2, -0.15) is 5.10 Å². The van der Waals surface area contributed by atoms with E-state index < -0.39 is 0 Å². The van der Waals surface area contributed by atoms with Gasteiger partial charge in [0.15, 0.2) is 11.5 Å². The van der Waals surface area contributed by atoms with Crippen molar-refractivity contribution in [2.75, 3.05) is 44.6 Å². The summed E-state index contributed by atoms with van der Waals surface area (Å²) in [5, 5.41) is 15.1. The molecular weight excluding hydrogens is 434 g/mol. The summed E-state index contributed by atoms with van der Waals surface area (Å²) in [6.07, 6.45) is 3.86. The van der Waals surface area contributed by atoms with Gasteiger partial charge in [0.2, 0.25) is 5.91 Å². The van der Waals surface area contributed by atoms with Gasteiger partial charge in [-0.15, -0.1) is 0 Å². The quantitative estimate of drug-likeness (QED) is 0.531. The van der Waals surface area contributed by atoms with E-state index in [1.54, 1.807) is 41.1 Å². The van der Waals surface area contributed by atoms with Gasteiger partial charge in [-0.3, -0.25) is 14.7 Å². The van der Waals surface area contributed by atoms with Crippen LogP contribution < -0.4 is 15.4 Å². The predicted octanol–water partition coefficient (Wildman–Crippen LogP) is 2.22. The number of carbonyl (C=O) groups is 2. The molecule has 3 N–H and O–H groups in total. The first-order valence-electron chi connectivity index (χ1n) is 11.7. The van der Waals surface area contributed by atoms with Gasteiger partial charge in [-0.05, 0) is 37.6 Å². The van der Waals surface area contributed by atoms with Crippen molar-refractivity contribution in [2.45, 2.75) is 25.8 Å². The number of aromatic amines is 1. The van der Waals surface area contributed by atoms with E-state index in [9.17, 15) is 9.59 Å². The third kappa shape index (κ3) is 4.67. The molecule has 5 rings (SSSR count). The zero-order chi connectivity index (χ0) is 23.5. The smallest absolute Gasteiger partial charge is 0.254 e. The molecule has 2 fully saturated rings. The second-order valence-corrected chi connectivity index (χ2v) is 8.72. The second kappa shape index (κ2) is 9.68. The minimum absolute atomic E-state index is 0.0408. The molecule has 178 valence electrons. The Labute approximate surface area is 197 Å². The molecule has 2 aromatic heterocycles. The standard InChI is InChI=1S/C24H29N7O3/c1-16(32)30-10-12-31(13-11-30)24(33)17-4-2-6-19(14-17)34-20-7-9-26-22-21(20)23(29-28-22)27-18-5-3-8-25-15-18/h2,4,6-7,9,14,18,25H,3,5,8,10-13,15H2,1H3,(H2,26,27,28,29)/t18-/m1/s1. The van der Waals surface area contributed by atoms with Crippen molar-refractivity contribution in [1.29, 1.82) is 0 Å². The molecule has 2 aliphatic rings. The maximum Gasteiger partial charge on any atom is 0.254 e. The number of carbonyl (C=O) groups excluding carboxylic acids is 2. The molecule has 0 saturated carbocycles. The maximum atomic E-state index is 13.1. The Balaban J connectivity index is 1.33. The molecule has 2 amide bonds. The Morgan fingerprint density at radius 3 is 2.74 bits per heavy atom. The third-order valence-corrected chi connectivity index (χ3v) is 6.38. The van der Waals surface area contributed by atoms with Gasteiger partial charge < -0.3 is 25.2 Å². The average molecular weight is 464 g/mol. The SMILES string of the molecule is CC(=O)N1CCN(C(=O)c2cccc(Oc3ccnc4[nH]nc(N[C@@H]5CCCNC5)c34)c2)CC1. The van der Waals surface area contributed by atoms with Crippen molar-refractivity contribution >= 4 is 28.7 Å². The van der Waals surface area contributed by atoms with Crippen LogP contribution in [0.1, 0.15) is 30.1 Å². The molecule has 0 unspecified atom stereocenters. The van der Waals surface area contributed by atoms with E-state index in [0.29, 0.717) is 54.7 Å². The van der Waals surface area contributed by atoms with Crippen LogP contribution in [0.25, 0.3) is 11.0 Å². The molecule has 1 aromatic carbocycles. The van der Waals surface area contributed by atoms with E-state index in [0.717, 1.165) is 31.3 Å². The molecule has 4 heterocycles. The van der Waals surface area contributed by atoms with E-state index in [-0.39, 0.29) is 17.9 Å². The Kier molecular flexibility index (Phi) is 6.31. The van der Waals surface area contributed by atoms with Crippen LogP contribution in [0.5, 0.6) is 11.5 Å². The molecule has 0 radical (unpaired) electrons. The van der Waals surface area contributed by atoms with Gasteiger partial charge in [0.25, 0.3) is 5.91 Å². The van der Waals surface area contributed by atoms with E-state index in [1.807, 2.05) is 12.1 Å². The lowest BCUT2D eigenvalue weighted by Gasteiger charge is -2.34. The third-order valence-electron chi connectivity index (χ3n) is 6.38. The normalized spacial score (nSPS) is 18.7. The van der Waals surface area contributed by atoms with Crippen molar-refractivity contribution in [3.63, 3.8) is 0 Å². The lowest BCUT2D eigenvalue weighted by atomic mass is 10.1. The van der Waals surface area contributed by atoms with E-state index >= 15 is 0 Å². The van der Waals surface area contributed by atoms with Crippen molar-refractivity contribution in [1.82, 2.24) is 30.3 Å². The highest BCUT2D eigenvalue weighted by atomic mass is 16.5. The van der Waals surface area contributed by atoms with Crippen LogP contribution in [0.15, 0.2) is 36.5 Å². The van der Waals surface area contributed by atoms with Crippen molar-refractivity contribution in [2.24, 2.45) is 0 Å². The molecule has 0 bridgehead atoms. The molecule has 3 aromatic rings. The Morgan fingerprint density at radius 2 is 1.97 bits per heavy atom. The van der Waals surface area contributed by atoms with Crippen molar-refractivity contribution < 1.29 is 14.3 Å². The lowest BCUT2D eigenvalue weighted by Crippen LogP contribution is -2.50. The van der Waals surface area contributed by atoms with Gasteiger partial charge in [0, 0.05) is 63.5 Å². The molecule has 0 aliphatic carbocycles. The van der Waals surface area contributed by atoms with Crippen LogP contribution in [0.3, 0.4) is 0 Å². The minimum Gasteiger partial charge on any atom is -0.456 e. The fourth-order valence-corrected chi connectivity index (χ4v) is 4.51. The summed E-state index contributed by atoms with van der Waals surface area (Å²) >= 11 is 0. The number of pyridine rings is 1. The first-order valence-corrected chi connectivity index (χ1v) is 11.7. The Morgan fingerprint density at radius 1 is 1.15 bits per heavy atom. The molecule has 34 heavy (non-hydrogen) atoms. The minimum atomic E-state index is -0.0657. The molecule has 2 aliphatic heterocycles. The number of H-pyrrole nitrogens is 1.